The molecule has 2 aromatic heterocycles. The van der Waals surface area contributed by atoms with Crippen molar-refractivity contribution in [1.29, 1.82) is 0 Å². The van der Waals surface area contributed by atoms with Crippen LogP contribution in [0.4, 0.5) is 19.3 Å². The zero-order valence-electron chi connectivity index (χ0n) is 21.3. The molecule has 0 aliphatic heterocycles. The number of hydrogen-bond donors (Lipinski definition) is 3. The van der Waals surface area contributed by atoms with E-state index >= 15 is 0 Å². The number of ether oxygens (including phenoxy) is 3. The summed E-state index contributed by atoms with van der Waals surface area (Å²) >= 11 is 0. The minimum atomic E-state index is -3.03. The molecule has 2 heterocycles. The smallest absolute Gasteiger partial charge is 0.408 e. The fourth-order valence-corrected chi connectivity index (χ4v) is 3.41. The first-order chi connectivity index (χ1) is 18.0. The molecule has 1 atom stereocenters. The fourth-order valence-electron chi connectivity index (χ4n) is 3.41. The van der Waals surface area contributed by atoms with Crippen LogP contribution in [0.25, 0.3) is 11.5 Å². The highest BCUT2D eigenvalue weighted by Gasteiger charge is 2.29. The van der Waals surface area contributed by atoms with Gasteiger partial charge in [0.25, 0.3) is 5.91 Å². The van der Waals surface area contributed by atoms with Crippen LogP contribution < -0.4 is 20.1 Å². The van der Waals surface area contributed by atoms with Gasteiger partial charge in [-0.05, 0) is 64.7 Å². The monoisotopic (exact) mass is 533 g/mol. The van der Waals surface area contributed by atoms with Crippen LogP contribution in [-0.2, 0) is 4.74 Å². The molecular weight excluding hydrogens is 504 g/mol. The molecule has 1 saturated carbocycles. The summed E-state index contributed by atoms with van der Waals surface area (Å²) in [4.78, 5) is 29.8. The summed E-state index contributed by atoms with van der Waals surface area (Å²) in [5.74, 6) is -0.218. The van der Waals surface area contributed by atoms with E-state index in [1.807, 2.05) is 0 Å². The van der Waals surface area contributed by atoms with Crippen molar-refractivity contribution in [1.82, 2.24) is 20.5 Å². The normalized spacial score (nSPS) is 14.2. The Kier molecular flexibility index (Phi) is 7.83. The summed E-state index contributed by atoms with van der Waals surface area (Å²) in [7, 11) is 0. The van der Waals surface area contributed by atoms with Gasteiger partial charge in [0.05, 0.1) is 24.5 Å². The number of alkyl carbamates (subject to hydrolysis) is 1. The molecule has 0 spiro atoms. The molecule has 1 aliphatic rings. The zero-order valence-corrected chi connectivity index (χ0v) is 21.3. The SMILES string of the molecule is CC(NC(=O)OC(C)(C)C)c1oc(-c2ccc(OC(F)F)c(OCC3CC3)c2)nc1C(=O)Nc1cn[nH]c1. The van der Waals surface area contributed by atoms with Gasteiger partial charge in [-0.1, -0.05) is 0 Å². The minimum Gasteiger partial charge on any atom is -0.489 e. The lowest BCUT2D eigenvalue weighted by Gasteiger charge is -2.21. The number of carbonyl (C=O) groups excluding carboxylic acids is 2. The van der Waals surface area contributed by atoms with E-state index in [0.717, 1.165) is 12.8 Å². The molecule has 1 unspecified atom stereocenters. The summed E-state index contributed by atoms with van der Waals surface area (Å²) < 4.78 is 47.4. The molecule has 1 aliphatic carbocycles. The van der Waals surface area contributed by atoms with Gasteiger partial charge in [0.15, 0.2) is 23.0 Å². The largest absolute Gasteiger partial charge is 0.489 e. The predicted octanol–water partition coefficient (Wildman–Crippen LogP) is 5.29. The number of nitrogens with one attached hydrogen (secondary N) is 3. The maximum atomic E-state index is 13.1. The number of halogens is 2. The third-order valence-corrected chi connectivity index (χ3v) is 5.33. The van der Waals surface area contributed by atoms with Crippen LogP contribution in [-0.4, -0.2) is 46.0 Å². The van der Waals surface area contributed by atoms with Gasteiger partial charge in [-0.3, -0.25) is 9.89 Å². The second kappa shape index (κ2) is 11.1. The second-order valence-corrected chi connectivity index (χ2v) is 9.84. The van der Waals surface area contributed by atoms with Gasteiger partial charge in [-0.25, -0.2) is 9.78 Å². The van der Waals surface area contributed by atoms with Crippen molar-refractivity contribution in [2.75, 3.05) is 11.9 Å². The Hall–Kier alpha value is -4.16. The molecular formula is C25H29F2N5O6. The lowest BCUT2D eigenvalue weighted by Crippen LogP contribution is -2.34. The first-order valence-corrected chi connectivity index (χ1v) is 12.0. The number of benzene rings is 1. The molecule has 2 amide bonds. The lowest BCUT2D eigenvalue weighted by atomic mass is 10.2. The summed E-state index contributed by atoms with van der Waals surface area (Å²) in [6.07, 6.45) is 4.18. The maximum absolute atomic E-state index is 13.1. The van der Waals surface area contributed by atoms with Crippen LogP contribution in [0, 0.1) is 5.92 Å². The number of aromatic amines is 1. The van der Waals surface area contributed by atoms with Crippen LogP contribution in [0.5, 0.6) is 11.5 Å². The molecule has 1 aromatic carbocycles. The number of carbonyl (C=O) groups is 2. The molecule has 0 saturated heterocycles. The summed E-state index contributed by atoms with van der Waals surface area (Å²) in [5, 5.41) is 11.7. The topological polar surface area (TPSA) is 141 Å². The van der Waals surface area contributed by atoms with Gasteiger partial charge in [0.2, 0.25) is 5.89 Å². The highest BCUT2D eigenvalue weighted by atomic mass is 19.3. The van der Waals surface area contributed by atoms with E-state index in [2.05, 4.69) is 30.6 Å². The van der Waals surface area contributed by atoms with Gasteiger partial charge < -0.3 is 29.3 Å². The number of oxazole rings is 1. The van der Waals surface area contributed by atoms with Crippen LogP contribution >= 0.6 is 0 Å². The van der Waals surface area contributed by atoms with Crippen molar-refractivity contribution in [3.8, 4) is 23.0 Å². The lowest BCUT2D eigenvalue weighted by molar-refractivity contribution is -0.0515. The van der Waals surface area contributed by atoms with E-state index in [0.29, 0.717) is 23.8 Å². The summed E-state index contributed by atoms with van der Waals surface area (Å²) in [6, 6.07) is 3.42. The highest BCUT2D eigenvalue weighted by Crippen LogP contribution is 2.37. The van der Waals surface area contributed by atoms with E-state index in [1.54, 1.807) is 27.7 Å². The Labute approximate surface area is 217 Å². The Balaban J connectivity index is 1.66. The zero-order chi connectivity index (χ0) is 27.4. The Morgan fingerprint density at radius 1 is 1.24 bits per heavy atom. The average molecular weight is 534 g/mol. The Morgan fingerprint density at radius 3 is 2.63 bits per heavy atom. The Morgan fingerprint density at radius 2 is 2.00 bits per heavy atom. The molecule has 3 aromatic rings. The fraction of sp³-hybridized carbons (Fsp3) is 0.440. The van der Waals surface area contributed by atoms with Crippen LogP contribution in [0.1, 0.15) is 62.8 Å². The van der Waals surface area contributed by atoms with E-state index in [4.69, 9.17) is 13.9 Å². The van der Waals surface area contributed by atoms with Gasteiger partial charge in [0.1, 0.15) is 5.60 Å². The van der Waals surface area contributed by atoms with Crippen molar-refractivity contribution < 1.29 is 37.0 Å². The van der Waals surface area contributed by atoms with Crippen molar-refractivity contribution in [3.05, 3.63) is 42.0 Å². The number of alkyl halides is 2. The van der Waals surface area contributed by atoms with E-state index in [-0.39, 0.29) is 28.8 Å². The highest BCUT2D eigenvalue weighted by molar-refractivity contribution is 6.03. The molecule has 4 rings (SSSR count). The number of hydrogen-bond acceptors (Lipinski definition) is 8. The van der Waals surface area contributed by atoms with Gasteiger partial charge in [-0.15, -0.1) is 0 Å². The number of nitrogens with zero attached hydrogens (tertiary/aromatic N) is 2. The number of rotatable bonds is 10. The second-order valence-electron chi connectivity index (χ2n) is 9.84. The molecule has 11 nitrogen and oxygen atoms in total. The van der Waals surface area contributed by atoms with Gasteiger partial charge in [-0.2, -0.15) is 13.9 Å². The van der Waals surface area contributed by atoms with E-state index < -0.39 is 30.3 Å². The van der Waals surface area contributed by atoms with E-state index in [1.165, 1.54) is 30.6 Å². The molecule has 13 heteroatoms. The number of anilines is 1. The van der Waals surface area contributed by atoms with Crippen LogP contribution in [0.2, 0.25) is 0 Å². The van der Waals surface area contributed by atoms with Crippen LogP contribution in [0.3, 0.4) is 0 Å². The third-order valence-electron chi connectivity index (χ3n) is 5.33. The Bertz CT molecular complexity index is 1270. The van der Waals surface area contributed by atoms with Crippen LogP contribution in [0.15, 0.2) is 35.0 Å². The first-order valence-electron chi connectivity index (χ1n) is 12.0. The molecule has 3 N–H and O–H groups in total. The van der Waals surface area contributed by atoms with E-state index in [9.17, 15) is 18.4 Å². The molecule has 0 radical (unpaired) electrons. The van der Waals surface area contributed by atoms with Crippen molar-refractivity contribution in [2.45, 2.75) is 58.8 Å². The molecule has 38 heavy (non-hydrogen) atoms. The number of H-pyrrole nitrogens is 1. The number of amides is 2. The third kappa shape index (κ3) is 7.20. The number of aromatic nitrogens is 3. The summed E-state index contributed by atoms with van der Waals surface area (Å²) in [5.41, 5.74) is -0.0948. The molecule has 1 fully saturated rings. The van der Waals surface area contributed by atoms with Crippen molar-refractivity contribution in [2.24, 2.45) is 5.92 Å². The molecule has 0 bridgehead atoms. The average Bonchev–Trinajstić information content (AvgIpc) is 3.30. The van der Waals surface area contributed by atoms with Crippen molar-refractivity contribution >= 4 is 17.7 Å². The van der Waals surface area contributed by atoms with Gasteiger partial charge in [0, 0.05) is 11.8 Å². The molecule has 204 valence electrons. The van der Waals surface area contributed by atoms with Gasteiger partial charge >= 0.3 is 12.7 Å². The van der Waals surface area contributed by atoms with Crippen molar-refractivity contribution in [3.63, 3.8) is 0 Å². The maximum Gasteiger partial charge on any atom is 0.408 e. The first kappa shape index (κ1) is 26.9. The quantitative estimate of drug-likeness (QED) is 0.319. The standard InChI is InChI=1S/C25H29F2N5O6/c1-13(30-24(34)38-25(2,3)4)20-19(21(33)31-16-10-28-29-11-16)32-22(37-20)15-7-8-17(36-23(26)27)18(9-15)35-12-14-5-6-14/h7-11,13-14,23H,5-6,12H2,1-4H3,(H,28,29)(H,30,34)(H,31,33). The predicted molar refractivity (Wildman–Crippen MR) is 131 cm³/mol. The summed E-state index contributed by atoms with van der Waals surface area (Å²) in [6.45, 7) is 4.09. The minimum absolute atomic E-state index is 0.00931.